The molecule has 1 atom stereocenters. The van der Waals surface area contributed by atoms with Gasteiger partial charge in [-0.1, -0.05) is 26.0 Å². The molecule has 114 valence electrons. The van der Waals surface area contributed by atoms with E-state index in [4.69, 9.17) is 10.00 Å². The maximum Gasteiger partial charge on any atom is 0.324 e. The summed E-state index contributed by atoms with van der Waals surface area (Å²) in [5, 5.41) is 7.67. The second kappa shape index (κ2) is 7.79. The average molecular weight is 309 g/mol. The zero-order valence-corrected chi connectivity index (χ0v) is 13.0. The van der Waals surface area contributed by atoms with Crippen molar-refractivity contribution in [3.05, 3.63) is 35.4 Å². The monoisotopic (exact) mass is 309 g/mol. The largest absolute Gasteiger partial charge is 0.465 e. The van der Waals surface area contributed by atoms with Crippen LogP contribution in [-0.4, -0.2) is 26.2 Å². The molecule has 21 heavy (non-hydrogen) atoms. The summed E-state index contributed by atoms with van der Waals surface area (Å²) in [6.07, 6.45) is 0.815. The van der Waals surface area contributed by atoms with Gasteiger partial charge in [0.15, 0.2) is 15.1 Å². The molecule has 0 aliphatic carbocycles. The minimum atomic E-state index is -3.66. The maximum atomic E-state index is 12.4. The molecule has 0 spiro atoms. The molecular weight excluding hydrogens is 290 g/mol. The number of carbonyl (C=O) groups excluding carboxylic acids is 1. The second-order valence-corrected chi connectivity index (χ2v) is 6.87. The lowest BCUT2D eigenvalue weighted by Gasteiger charge is -2.15. The van der Waals surface area contributed by atoms with Crippen LogP contribution in [0.1, 0.15) is 37.8 Å². The number of hydrogen-bond donors (Lipinski definition) is 0. The third-order valence-electron chi connectivity index (χ3n) is 2.94. The van der Waals surface area contributed by atoms with Crippen LogP contribution in [0.5, 0.6) is 0 Å². The van der Waals surface area contributed by atoms with E-state index >= 15 is 0 Å². The van der Waals surface area contributed by atoms with Crippen LogP contribution in [0.4, 0.5) is 0 Å². The first kappa shape index (κ1) is 17.2. The van der Waals surface area contributed by atoms with Crippen molar-refractivity contribution in [3.8, 4) is 6.07 Å². The first-order valence-corrected chi connectivity index (χ1v) is 8.53. The molecule has 1 rings (SSSR count). The van der Waals surface area contributed by atoms with Crippen LogP contribution in [0.3, 0.4) is 0 Å². The average Bonchev–Trinajstić information content (AvgIpc) is 2.45. The fourth-order valence-electron chi connectivity index (χ4n) is 1.93. The summed E-state index contributed by atoms with van der Waals surface area (Å²) < 4.78 is 29.6. The Hall–Kier alpha value is -1.87. The Morgan fingerprint density at radius 3 is 2.67 bits per heavy atom. The highest BCUT2D eigenvalue weighted by Crippen LogP contribution is 2.16. The van der Waals surface area contributed by atoms with Crippen LogP contribution in [0.25, 0.3) is 0 Å². The lowest BCUT2D eigenvalue weighted by atomic mass is 10.2. The number of hydrogen-bond acceptors (Lipinski definition) is 5. The number of carbonyl (C=O) groups is 1. The van der Waals surface area contributed by atoms with E-state index in [1.807, 2.05) is 13.0 Å². The predicted molar refractivity (Wildman–Crippen MR) is 79.1 cm³/mol. The van der Waals surface area contributed by atoms with Crippen molar-refractivity contribution in [3.63, 3.8) is 0 Å². The highest BCUT2D eigenvalue weighted by atomic mass is 32.2. The van der Waals surface area contributed by atoms with E-state index in [0.717, 1.165) is 0 Å². The van der Waals surface area contributed by atoms with Crippen LogP contribution in [0, 0.1) is 11.3 Å². The van der Waals surface area contributed by atoms with E-state index in [0.29, 0.717) is 17.5 Å². The van der Waals surface area contributed by atoms with Gasteiger partial charge in [-0.05, 0) is 30.5 Å². The molecule has 0 amide bonds. The first-order chi connectivity index (χ1) is 9.94. The van der Waals surface area contributed by atoms with E-state index in [-0.39, 0.29) is 18.8 Å². The Bertz CT molecular complexity index is 631. The number of nitriles is 1. The molecule has 0 saturated carbocycles. The lowest BCUT2D eigenvalue weighted by molar-refractivity contribution is -0.143. The maximum absolute atomic E-state index is 12.4. The predicted octanol–water partition coefficient (Wildman–Crippen LogP) is 2.20. The Kier molecular flexibility index (Phi) is 6.38. The van der Waals surface area contributed by atoms with Crippen LogP contribution in [-0.2, 0) is 25.1 Å². The SMILES string of the molecule is CCCOC(=O)C(CC)S(=O)(=O)Cc1cccc(C#N)c1. The van der Waals surface area contributed by atoms with Gasteiger partial charge in [0.25, 0.3) is 0 Å². The summed E-state index contributed by atoms with van der Waals surface area (Å²) in [7, 11) is -3.66. The third kappa shape index (κ3) is 4.87. The molecule has 0 N–H and O–H groups in total. The van der Waals surface area contributed by atoms with Crippen LogP contribution in [0.2, 0.25) is 0 Å². The number of rotatable bonds is 7. The summed E-state index contributed by atoms with van der Waals surface area (Å²) in [5.41, 5.74) is 0.889. The highest BCUT2D eigenvalue weighted by molar-refractivity contribution is 7.92. The third-order valence-corrected chi connectivity index (χ3v) is 5.07. The number of benzene rings is 1. The second-order valence-electron chi connectivity index (χ2n) is 4.68. The van der Waals surface area contributed by atoms with Crippen LogP contribution in [0.15, 0.2) is 24.3 Å². The van der Waals surface area contributed by atoms with Gasteiger partial charge in [0.1, 0.15) is 0 Å². The minimum absolute atomic E-state index is 0.169. The Morgan fingerprint density at radius 2 is 2.10 bits per heavy atom. The topological polar surface area (TPSA) is 84.2 Å². The van der Waals surface area contributed by atoms with Crippen molar-refractivity contribution in [1.29, 1.82) is 5.26 Å². The summed E-state index contributed by atoms with van der Waals surface area (Å²) >= 11 is 0. The van der Waals surface area contributed by atoms with Gasteiger partial charge in [0, 0.05) is 0 Å². The quantitative estimate of drug-likeness (QED) is 0.721. The summed E-state index contributed by atoms with van der Waals surface area (Å²) in [5.74, 6) is -0.974. The molecule has 0 aliphatic heterocycles. The minimum Gasteiger partial charge on any atom is -0.465 e. The van der Waals surface area contributed by atoms with Crippen molar-refractivity contribution in [2.75, 3.05) is 6.61 Å². The van der Waals surface area contributed by atoms with Gasteiger partial charge in [-0.2, -0.15) is 5.26 Å². The standard InChI is InChI=1S/C15H19NO4S/c1-3-8-20-15(17)14(4-2)21(18,19)11-13-7-5-6-12(9-13)10-16/h5-7,9,14H,3-4,8,11H2,1-2H3. The number of sulfone groups is 1. The van der Waals surface area contributed by atoms with E-state index in [1.54, 1.807) is 25.1 Å². The van der Waals surface area contributed by atoms with Gasteiger partial charge in [-0.25, -0.2) is 8.42 Å². The molecule has 5 nitrogen and oxygen atoms in total. The molecular formula is C15H19NO4S. The van der Waals surface area contributed by atoms with Gasteiger partial charge in [-0.15, -0.1) is 0 Å². The molecule has 0 heterocycles. The molecule has 1 unspecified atom stereocenters. The molecule has 1 aromatic rings. The van der Waals surface area contributed by atoms with E-state index in [2.05, 4.69) is 0 Å². The van der Waals surface area contributed by atoms with Gasteiger partial charge >= 0.3 is 5.97 Å². The van der Waals surface area contributed by atoms with E-state index in [9.17, 15) is 13.2 Å². The zero-order valence-electron chi connectivity index (χ0n) is 12.2. The fourth-order valence-corrected chi connectivity index (χ4v) is 3.64. The van der Waals surface area contributed by atoms with E-state index < -0.39 is 21.1 Å². The Balaban J connectivity index is 2.92. The lowest BCUT2D eigenvalue weighted by Crippen LogP contribution is -2.32. The molecule has 0 fully saturated rings. The zero-order chi connectivity index (χ0) is 15.9. The summed E-state index contributed by atoms with van der Waals surface area (Å²) in [6, 6.07) is 8.33. The van der Waals surface area contributed by atoms with Crippen molar-refractivity contribution >= 4 is 15.8 Å². The molecule has 1 aromatic carbocycles. The fraction of sp³-hybridized carbons (Fsp3) is 0.467. The molecule has 0 aromatic heterocycles. The molecule has 0 radical (unpaired) electrons. The van der Waals surface area contributed by atoms with Crippen molar-refractivity contribution in [2.24, 2.45) is 0 Å². The first-order valence-electron chi connectivity index (χ1n) is 6.81. The molecule has 0 aliphatic rings. The van der Waals surface area contributed by atoms with Gasteiger partial charge in [0.2, 0.25) is 0 Å². The summed E-state index contributed by atoms with van der Waals surface area (Å²) in [6.45, 7) is 3.70. The van der Waals surface area contributed by atoms with Crippen molar-refractivity contribution in [1.82, 2.24) is 0 Å². The number of esters is 1. The van der Waals surface area contributed by atoms with Crippen LogP contribution >= 0.6 is 0 Å². The highest BCUT2D eigenvalue weighted by Gasteiger charge is 2.32. The number of nitrogens with zero attached hydrogens (tertiary/aromatic N) is 1. The van der Waals surface area contributed by atoms with E-state index in [1.165, 1.54) is 6.07 Å². The summed E-state index contributed by atoms with van der Waals surface area (Å²) in [4.78, 5) is 11.8. The van der Waals surface area contributed by atoms with Crippen LogP contribution < -0.4 is 0 Å². The van der Waals surface area contributed by atoms with Crippen molar-refractivity contribution < 1.29 is 17.9 Å². The molecule has 0 bridgehead atoms. The van der Waals surface area contributed by atoms with Gasteiger partial charge < -0.3 is 4.74 Å². The normalized spacial score (nSPS) is 12.4. The van der Waals surface area contributed by atoms with Crippen molar-refractivity contribution in [2.45, 2.75) is 37.7 Å². The Morgan fingerprint density at radius 1 is 1.38 bits per heavy atom. The molecule has 0 saturated heterocycles. The number of ether oxygens (including phenoxy) is 1. The van der Waals surface area contributed by atoms with Gasteiger partial charge in [0.05, 0.1) is 24.0 Å². The molecule has 6 heteroatoms. The Labute approximate surface area is 125 Å². The smallest absolute Gasteiger partial charge is 0.324 e. The van der Waals surface area contributed by atoms with Gasteiger partial charge in [-0.3, -0.25) is 4.79 Å².